The molecule has 18 rings (SSSR count). The van der Waals surface area contributed by atoms with E-state index in [-0.39, 0.29) is 88.3 Å². The van der Waals surface area contributed by atoms with Crippen LogP contribution in [0.15, 0.2) is 125 Å². The standard InChI is InChI=1S/C48H55FN10O8.C46H51FN10O8/c1-8-29-21-38(67-56-29)46-59-33-14-13-26(31-22-50-42(52-31)34-11-9-15-57(34)44(60)40(24(2)3)54-47(62)64-6)17-28(33)19-36(59)39-30(49)18-27(20-37(39)66-46)32-23-51-43(53-32)35-12-10-16-58(35)45(61)41(25(4)5)55-48(63)65-7;1-23(2)38(53-45(60)62-5)42(58)55-13-7-9-32(55)40-49-19-29(51-40)25-11-12-31-27(15-25)17-34-37-28(47)16-26(18-35(37)65-44(57(31)34)36-21-48-22-64-36)30-20-50-41(52-30)33-10-8-14-56(33)43(59)39(24(3)4)54-46(61)63-6/h13-14,17-25,34-35,40-41,46H,8-12,15-16H2,1-7H3,(H,50,52)(H,51,53)(H,54,62)(H,55,63);11-12,15-24,32-33,38-39,44H,7-10,13-14H2,1-6H3,(H,49,51)(H,50,52)(H,53,60)(H,54,61)/t34-,35-,40-,41-,46-;32-,33-,38+,39-,44?/m01/s1. The van der Waals surface area contributed by atoms with E-state index in [2.05, 4.69) is 61.3 Å². The minimum Gasteiger partial charge on any atom is -0.462 e. The van der Waals surface area contributed by atoms with Gasteiger partial charge < -0.3 is 98.2 Å². The van der Waals surface area contributed by atoms with Gasteiger partial charge in [-0.1, -0.05) is 79.6 Å². The normalized spacial score (nSPS) is 18.8. The Balaban J connectivity index is 0.000000184. The summed E-state index contributed by atoms with van der Waals surface area (Å²) in [5.41, 5.74) is 9.15. The van der Waals surface area contributed by atoms with E-state index >= 15 is 8.78 Å². The zero-order valence-corrected chi connectivity index (χ0v) is 75.4. The molecule has 10 atom stereocenters. The van der Waals surface area contributed by atoms with Crippen molar-refractivity contribution < 1.29 is 84.5 Å². The smallest absolute Gasteiger partial charge is 0.407 e. The molecule has 12 aromatic rings. The van der Waals surface area contributed by atoms with Crippen molar-refractivity contribution >= 4 is 69.8 Å². The summed E-state index contributed by atoms with van der Waals surface area (Å²) < 4.78 is 81.4. The first-order valence-electron chi connectivity index (χ1n) is 44.6. The number of amides is 8. The molecule has 4 saturated heterocycles. The van der Waals surface area contributed by atoms with Gasteiger partial charge in [0.15, 0.2) is 17.9 Å². The number of methoxy groups -OCH3 is 4. The second-order valence-electron chi connectivity index (χ2n) is 35.3. The number of ether oxygens (including phenoxy) is 6. The highest BCUT2D eigenvalue weighted by Crippen LogP contribution is 2.51. The Hall–Kier alpha value is -14.4. The van der Waals surface area contributed by atoms with Crippen molar-refractivity contribution in [2.45, 2.75) is 181 Å². The number of nitrogens with one attached hydrogen (secondary N) is 8. The Morgan fingerprint density at radius 1 is 0.432 bits per heavy atom. The highest BCUT2D eigenvalue weighted by Gasteiger charge is 2.45. The van der Waals surface area contributed by atoms with Crippen LogP contribution in [0.1, 0.15) is 191 Å². The van der Waals surface area contributed by atoms with Gasteiger partial charge in [0.05, 0.1) is 146 Å². The molecule has 0 spiro atoms. The van der Waals surface area contributed by atoms with Crippen molar-refractivity contribution in [1.82, 2.24) is 100 Å². The van der Waals surface area contributed by atoms with Gasteiger partial charge in [0.1, 0.15) is 70.6 Å². The van der Waals surface area contributed by atoms with Crippen LogP contribution in [-0.2, 0) is 44.5 Å². The summed E-state index contributed by atoms with van der Waals surface area (Å²) >= 11 is 0. The summed E-state index contributed by atoms with van der Waals surface area (Å²) in [5, 5.41) is 16.6. The fourth-order valence-corrected chi connectivity index (χ4v) is 18.9. The number of carbonyl (C=O) groups is 8. The summed E-state index contributed by atoms with van der Waals surface area (Å²) in [6.45, 7) is 19.0. The van der Waals surface area contributed by atoms with E-state index in [0.29, 0.717) is 133 Å². The highest BCUT2D eigenvalue weighted by molar-refractivity contribution is 5.96. The average molecular weight is 1810 g/mol. The van der Waals surface area contributed by atoms with Gasteiger partial charge in [0.2, 0.25) is 36.1 Å². The minimum absolute atomic E-state index is 0.160. The molecular formula is C94H106F2N20O16. The van der Waals surface area contributed by atoms with Crippen LogP contribution in [-0.4, -0.2) is 206 Å². The van der Waals surface area contributed by atoms with E-state index in [9.17, 15) is 38.4 Å². The van der Waals surface area contributed by atoms with E-state index in [0.717, 1.165) is 75.7 Å². The molecule has 38 heteroatoms. The number of benzene rings is 4. The van der Waals surface area contributed by atoms with E-state index in [1.54, 1.807) is 62.7 Å². The van der Waals surface area contributed by atoms with Crippen molar-refractivity contribution in [3.8, 4) is 79.0 Å². The number of hydrogen-bond donors (Lipinski definition) is 8. The van der Waals surface area contributed by atoms with Gasteiger partial charge >= 0.3 is 24.4 Å². The lowest BCUT2D eigenvalue weighted by Gasteiger charge is -2.30. The van der Waals surface area contributed by atoms with Crippen LogP contribution >= 0.6 is 0 Å². The number of nitrogens with zero attached hydrogens (tertiary/aromatic N) is 12. The molecule has 36 nitrogen and oxygen atoms in total. The van der Waals surface area contributed by atoms with Crippen molar-refractivity contribution in [3.63, 3.8) is 0 Å². The van der Waals surface area contributed by atoms with Crippen LogP contribution in [0.25, 0.3) is 89.4 Å². The molecule has 14 heterocycles. The van der Waals surface area contributed by atoms with E-state index in [1.807, 2.05) is 126 Å². The van der Waals surface area contributed by atoms with Gasteiger partial charge in [0.25, 0.3) is 0 Å². The molecule has 0 saturated carbocycles. The molecule has 0 radical (unpaired) electrons. The number of halogens is 2. The average Bonchev–Trinajstić information content (AvgIpc) is 1.57. The van der Waals surface area contributed by atoms with Crippen LogP contribution < -0.4 is 30.7 Å². The molecule has 132 heavy (non-hydrogen) atoms. The van der Waals surface area contributed by atoms with E-state index in [4.69, 9.17) is 47.3 Å². The van der Waals surface area contributed by atoms with Crippen LogP contribution in [0.2, 0.25) is 0 Å². The molecule has 8 aromatic heterocycles. The third kappa shape index (κ3) is 17.2. The van der Waals surface area contributed by atoms with Crippen LogP contribution in [0, 0.1) is 35.3 Å². The SMILES string of the molecule is CCc1cc([C@@H]2Oc3cc(-c4cnc([C@@H]5CCCN5C(=O)[C@@H](NC(=O)OC)C(C)C)[nH]4)cc(F)c3-c3cc4cc(-c5cnc([C@@H]6CCCN6C(=O)[C@@H](NC(=O)OC)C(C)C)[nH]5)ccc4n32)on1.COC(=O)N[C@H](C(=O)N1CCC[C@@H]1c1ncc(-c2ccc3c(c2)cc2n3C(c3cnco3)Oc3cc(-c4cnc([C@H]5CCCN5C(=O)[C@H](NC(=O)OC)C(C)C)[nH]4)cc(F)c3-2)[nH]1)C(C)C. The summed E-state index contributed by atoms with van der Waals surface area (Å²) in [5.74, 6) is 1.25. The number of aryl methyl sites for hydroxylation is 1. The maximum Gasteiger partial charge on any atom is 0.407 e. The number of imidazole rings is 4. The zero-order chi connectivity index (χ0) is 92.9. The number of alkyl carbamates (subject to hydrolysis) is 4. The Labute approximate surface area is 757 Å². The van der Waals surface area contributed by atoms with Gasteiger partial charge in [-0.15, -0.1) is 0 Å². The predicted octanol–water partition coefficient (Wildman–Crippen LogP) is 15.0. The van der Waals surface area contributed by atoms with Crippen molar-refractivity contribution in [2.24, 2.45) is 23.7 Å². The van der Waals surface area contributed by atoms with Gasteiger partial charge in [-0.2, -0.15) is 0 Å². The van der Waals surface area contributed by atoms with Crippen molar-refractivity contribution in [2.75, 3.05) is 54.6 Å². The first-order valence-corrected chi connectivity index (χ1v) is 44.6. The number of fused-ring (bicyclic) bond motifs is 10. The number of carbonyl (C=O) groups excluding carboxylic acids is 8. The van der Waals surface area contributed by atoms with Gasteiger partial charge in [-0.3, -0.25) is 28.3 Å². The molecule has 1 unspecified atom stereocenters. The molecule has 6 aliphatic rings. The molecule has 0 bridgehead atoms. The minimum atomic E-state index is -0.829. The second-order valence-corrected chi connectivity index (χ2v) is 35.3. The second kappa shape index (κ2) is 37.2. The number of aromatic nitrogens is 12. The quantitative estimate of drug-likeness (QED) is 0.0276. The first kappa shape index (κ1) is 89.6. The van der Waals surface area contributed by atoms with Gasteiger partial charge in [-0.05, 0) is 142 Å². The van der Waals surface area contributed by atoms with Crippen LogP contribution in [0.4, 0.5) is 28.0 Å². The fourth-order valence-electron chi connectivity index (χ4n) is 18.9. The highest BCUT2D eigenvalue weighted by atomic mass is 19.1. The Bertz CT molecular complexity index is 6360. The van der Waals surface area contributed by atoms with Crippen molar-refractivity contribution in [1.29, 1.82) is 0 Å². The Kier molecular flexibility index (Phi) is 25.3. The largest absolute Gasteiger partial charge is 0.462 e. The number of H-pyrrole nitrogens is 4. The molecule has 4 aromatic carbocycles. The molecule has 4 fully saturated rings. The molecule has 8 N–H and O–H groups in total. The fraction of sp³-hybridized carbons (Fsp3) is 0.426. The third-order valence-corrected chi connectivity index (χ3v) is 25.7. The lowest BCUT2D eigenvalue weighted by Crippen LogP contribution is -2.51. The molecule has 8 amide bonds. The number of likely N-dealkylation sites (tertiary alicyclic amines) is 4. The van der Waals surface area contributed by atoms with Crippen molar-refractivity contribution in [3.05, 3.63) is 168 Å². The summed E-state index contributed by atoms with van der Waals surface area (Å²) in [4.78, 5) is 147. The monoisotopic (exact) mass is 1810 g/mol. The van der Waals surface area contributed by atoms with Crippen LogP contribution in [0.5, 0.6) is 11.5 Å². The van der Waals surface area contributed by atoms with E-state index < -0.39 is 72.6 Å². The Morgan fingerprint density at radius 2 is 0.765 bits per heavy atom. The molecular weight excluding hydrogens is 1700 g/mol. The summed E-state index contributed by atoms with van der Waals surface area (Å²) in [6.07, 6.45) is 11.7. The molecule has 692 valence electrons. The number of hydrogen-bond acceptors (Lipinski definition) is 22. The maximum absolute atomic E-state index is 16.8. The first-order chi connectivity index (χ1) is 63.6. The lowest BCUT2D eigenvalue weighted by atomic mass is 10.0. The lowest BCUT2D eigenvalue weighted by molar-refractivity contribution is -0.136. The number of oxazole rings is 1. The van der Waals surface area contributed by atoms with Gasteiger partial charge in [-0.25, -0.2) is 52.9 Å². The zero-order valence-electron chi connectivity index (χ0n) is 75.4. The molecule has 0 aliphatic carbocycles. The Morgan fingerprint density at radius 3 is 1.07 bits per heavy atom. The summed E-state index contributed by atoms with van der Waals surface area (Å²) in [6, 6.07) is 19.5. The van der Waals surface area contributed by atoms with Crippen LogP contribution in [0.3, 0.4) is 0 Å². The van der Waals surface area contributed by atoms with Gasteiger partial charge in [0, 0.05) is 65.3 Å². The predicted molar refractivity (Wildman–Crippen MR) is 476 cm³/mol. The maximum atomic E-state index is 16.8. The number of aromatic amines is 4. The topological polar surface area (TPSA) is 430 Å². The number of rotatable bonds is 23. The van der Waals surface area contributed by atoms with E-state index in [1.165, 1.54) is 47.0 Å². The third-order valence-electron chi connectivity index (χ3n) is 25.7. The molecule has 6 aliphatic heterocycles. The summed E-state index contributed by atoms with van der Waals surface area (Å²) in [7, 11) is 5.06.